The predicted molar refractivity (Wildman–Crippen MR) is 73.5 cm³/mol. The molecule has 2 aromatic rings. The maximum absolute atomic E-state index is 11.2. The molecule has 0 aliphatic carbocycles. The van der Waals surface area contributed by atoms with Gasteiger partial charge in [-0.05, 0) is 31.3 Å². The molecule has 88 valence electrons. The third kappa shape index (κ3) is 2.45. The molecule has 2 rings (SSSR count). The summed E-state index contributed by atoms with van der Waals surface area (Å²) in [4.78, 5) is 11.2. The molecule has 17 heavy (non-hydrogen) atoms. The molecule has 0 saturated heterocycles. The quantitative estimate of drug-likeness (QED) is 0.842. The van der Waals surface area contributed by atoms with Crippen LogP contribution in [-0.2, 0) is 4.79 Å². The van der Waals surface area contributed by atoms with E-state index in [1.54, 1.807) is 0 Å². The fourth-order valence-electron chi connectivity index (χ4n) is 1.64. The number of thiazole rings is 1. The molecule has 1 N–H and O–H groups in total. The molecule has 0 fully saturated rings. The van der Waals surface area contributed by atoms with Crippen LogP contribution in [0.3, 0.4) is 0 Å². The lowest BCUT2D eigenvalue weighted by Crippen LogP contribution is -2.09. The molecule has 0 saturated carbocycles. The van der Waals surface area contributed by atoms with Crippen molar-refractivity contribution < 1.29 is 4.79 Å². The number of rotatable bonds is 2. The maximum Gasteiger partial charge on any atom is 0.221 e. The van der Waals surface area contributed by atoms with Gasteiger partial charge in [0, 0.05) is 18.0 Å². The summed E-state index contributed by atoms with van der Waals surface area (Å²) in [5, 5.41) is 4.82. The summed E-state index contributed by atoms with van der Waals surface area (Å²) in [6, 6.07) is 7.63. The highest BCUT2D eigenvalue weighted by atomic mass is 32.1. The Morgan fingerprint density at radius 1 is 1.41 bits per heavy atom. The molecule has 0 unspecified atom stereocenters. The van der Waals surface area contributed by atoms with Crippen molar-refractivity contribution in [1.82, 2.24) is 4.57 Å². The van der Waals surface area contributed by atoms with Gasteiger partial charge in [-0.25, -0.2) is 0 Å². The molecule has 0 bridgehead atoms. The number of anilines is 1. The minimum atomic E-state index is -0.0862. The normalized spacial score (nSPS) is 10.2. The first kappa shape index (κ1) is 12.0. The van der Waals surface area contributed by atoms with E-state index in [1.807, 2.05) is 41.1 Å². The Balaban J connectivity index is 2.60. The monoisotopic (exact) mass is 264 g/mol. The summed E-state index contributed by atoms with van der Waals surface area (Å²) in [6.07, 6.45) is 0. The van der Waals surface area contributed by atoms with E-state index in [2.05, 4.69) is 5.32 Å². The third-order valence-electron chi connectivity index (χ3n) is 2.32. The first-order valence-corrected chi connectivity index (χ1v) is 6.42. The van der Waals surface area contributed by atoms with Gasteiger partial charge in [0.1, 0.15) is 0 Å². The highest BCUT2D eigenvalue weighted by Gasteiger charge is 2.08. The van der Waals surface area contributed by atoms with Crippen molar-refractivity contribution in [3.8, 4) is 5.69 Å². The smallest absolute Gasteiger partial charge is 0.221 e. The van der Waals surface area contributed by atoms with E-state index in [-0.39, 0.29) is 5.91 Å². The van der Waals surface area contributed by atoms with Crippen LogP contribution in [0.1, 0.15) is 12.6 Å². The summed E-state index contributed by atoms with van der Waals surface area (Å²) in [6.45, 7) is 3.49. The van der Waals surface area contributed by atoms with Crippen LogP contribution in [0.5, 0.6) is 0 Å². The van der Waals surface area contributed by atoms with Crippen LogP contribution in [0, 0.1) is 10.9 Å². The molecule has 1 aromatic carbocycles. The summed E-state index contributed by atoms with van der Waals surface area (Å²) in [5.74, 6) is -0.0862. The SMILES string of the molecule is CC(=O)Nc1ccccc1-n1c(C)csc1=S. The number of aromatic nitrogens is 1. The lowest BCUT2D eigenvalue weighted by Gasteiger charge is -2.12. The standard InChI is InChI=1S/C12H12N2OS2/c1-8-7-17-12(16)14(8)11-6-4-3-5-10(11)13-9(2)15/h3-7H,1-2H3,(H,13,15). The van der Waals surface area contributed by atoms with Gasteiger partial charge in [-0.15, -0.1) is 11.3 Å². The van der Waals surface area contributed by atoms with Crippen molar-refractivity contribution in [2.75, 3.05) is 5.32 Å². The van der Waals surface area contributed by atoms with Crippen LogP contribution in [0.2, 0.25) is 0 Å². The summed E-state index contributed by atoms with van der Waals surface area (Å²) < 4.78 is 2.74. The third-order valence-corrected chi connectivity index (χ3v) is 3.64. The van der Waals surface area contributed by atoms with Crippen molar-refractivity contribution in [2.45, 2.75) is 13.8 Å². The van der Waals surface area contributed by atoms with Crippen LogP contribution < -0.4 is 5.32 Å². The number of hydrogen-bond acceptors (Lipinski definition) is 3. The summed E-state index contributed by atoms with van der Waals surface area (Å²) in [7, 11) is 0. The molecule has 1 aromatic heterocycles. The number of carbonyl (C=O) groups is 1. The molecular weight excluding hydrogens is 252 g/mol. The van der Waals surface area contributed by atoms with Crippen molar-refractivity contribution in [1.29, 1.82) is 0 Å². The maximum atomic E-state index is 11.2. The van der Waals surface area contributed by atoms with Gasteiger partial charge in [-0.1, -0.05) is 12.1 Å². The van der Waals surface area contributed by atoms with Gasteiger partial charge in [0.2, 0.25) is 5.91 Å². The van der Waals surface area contributed by atoms with Crippen molar-refractivity contribution in [2.24, 2.45) is 0 Å². The minimum absolute atomic E-state index is 0.0862. The number of hydrogen-bond donors (Lipinski definition) is 1. The number of para-hydroxylation sites is 2. The first-order chi connectivity index (χ1) is 8.09. The van der Waals surface area contributed by atoms with Gasteiger partial charge < -0.3 is 5.32 Å². The van der Waals surface area contributed by atoms with Crippen LogP contribution in [0.15, 0.2) is 29.6 Å². The second kappa shape index (κ2) is 4.81. The topological polar surface area (TPSA) is 34.0 Å². The first-order valence-electron chi connectivity index (χ1n) is 5.13. The van der Waals surface area contributed by atoms with E-state index in [0.29, 0.717) is 0 Å². The molecule has 0 aliphatic rings. The lowest BCUT2D eigenvalue weighted by molar-refractivity contribution is -0.114. The molecule has 3 nitrogen and oxygen atoms in total. The zero-order valence-corrected chi connectivity index (χ0v) is 11.2. The lowest BCUT2D eigenvalue weighted by atomic mass is 10.2. The van der Waals surface area contributed by atoms with E-state index in [1.165, 1.54) is 18.3 Å². The van der Waals surface area contributed by atoms with E-state index >= 15 is 0 Å². The van der Waals surface area contributed by atoms with Crippen molar-refractivity contribution in [3.63, 3.8) is 0 Å². The van der Waals surface area contributed by atoms with Crippen LogP contribution in [0.25, 0.3) is 5.69 Å². The molecule has 0 spiro atoms. The van der Waals surface area contributed by atoms with E-state index < -0.39 is 0 Å². The second-order valence-corrected chi connectivity index (χ2v) is 5.18. The van der Waals surface area contributed by atoms with E-state index in [0.717, 1.165) is 21.0 Å². The van der Waals surface area contributed by atoms with E-state index in [9.17, 15) is 4.79 Å². The average Bonchev–Trinajstić information content (AvgIpc) is 2.59. The fraction of sp³-hybridized carbons (Fsp3) is 0.167. The Labute approximate surface area is 109 Å². The largest absolute Gasteiger partial charge is 0.325 e. The Bertz CT molecular complexity index is 613. The second-order valence-electron chi connectivity index (χ2n) is 3.68. The van der Waals surface area contributed by atoms with Crippen molar-refractivity contribution >= 4 is 35.1 Å². The predicted octanol–water partition coefficient (Wildman–Crippen LogP) is 3.54. The number of nitrogens with zero attached hydrogens (tertiary/aromatic N) is 1. The molecule has 5 heteroatoms. The molecule has 0 radical (unpaired) electrons. The van der Waals surface area contributed by atoms with Gasteiger partial charge in [0.05, 0.1) is 11.4 Å². The Morgan fingerprint density at radius 3 is 2.71 bits per heavy atom. The van der Waals surface area contributed by atoms with Gasteiger partial charge >= 0.3 is 0 Å². The van der Waals surface area contributed by atoms with Crippen LogP contribution in [-0.4, -0.2) is 10.5 Å². The number of amides is 1. The van der Waals surface area contributed by atoms with Gasteiger partial charge in [-0.3, -0.25) is 9.36 Å². The number of benzene rings is 1. The zero-order chi connectivity index (χ0) is 12.4. The number of carbonyl (C=O) groups excluding carboxylic acids is 1. The van der Waals surface area contributed by atoms with Gasteiger partial charge in [-0.2, -0.15) is 0 Å². The number of nitrogens with one attached hydrogen (secondary N) is 1. The molecule has 0 aliphatic heterocycles. The van der Waals surface area contributed by atoms with Gasteiger partial charge in [0.15, 0.2) is 3.95 Å². The zero-order valence-electron chi connectivity index (χ0n) is 9.56. The van der Waals surface area contributed by atoms with Crippen LogP contribution in [0.4, 0.5) is 5.69 Å². The molecule has 1 amide bonds. The van der Waals surface area contributed by atoms with Crippen LogP contribution >= 0.6 is 23.6 Å². The van der Waals surface area contributed by atoms with Crippen molar-refractivity contribution in [3.05, 3.63) is 39.3 Å². The van der Waals surface area contributed by atoms with Gasteiger partial charge in [0.25, 0.3) is 0 Å². The molecule has 0 atom stereocenters. The number of aryl methyl sites for hydroxylation is 1. The Morgan fingerprint density at radius 2 is 2.12 bits per heavy atom. The fourth-order valence-corrected chi connectivity index (χ4v) is 2.75. The Hall–Kier alpha value is -1.46. The highest BCUT2D eigenvalue weighted by Crippen LogP contribution is 2.24. The average molecular weight is 264 g/mol. The highest BCUT2D eigenvalue weighted by molar-refractivity contribution is 7.73. The summed E-state index contributed by atoms with van der Waals surface area (Å²) >= 11 is 6.82. The Kier molecular flexibility index (Phi) is 3.40. The molecular formula is C12H12N2OS2. The minimum Gasteiger partial charge on any atom is -0.325 e. The summed E-state index contributed by atoms with van der Waals surface area (Å²) in [5.41, 5.74) is 2.75. The van der Waals surface area contributed by atoms with E-state index in [4.69, 9.17) is 12.2 Å². The molecule has 1 heterocycles.